The van der Waals surface area contributed by atoms with E-state index in [9.17, 15) is 23.3 Å². The molecule has 0 N–H and O–H groups in total. The maximum atomic E-state index is 12.4. The van der Waals surface area contributed by atoms with Crippen molar-refractivity contribution in [3.8, 4) is 0 Å². The lowest BCUT2D eigenvalue weighted by Gasteiger charge is -2.06. The van der Waals surface area contributed by atoms with E-state index in [2.05, 4.69) is 9.97 Å². The second-order valence-electron chi connectivity index (χ2n) is 3.29. The van der Waals surface area contributed by atoms with Gasteiger partial charge in [-0.25, -0.2) is 9.97 Å². The van der Waals surface area contributed by atoms with Gasteiger partial charge in [-0.2, -0.15) is 13.2 Å². The molecule has 1 aromatic carbocycles. The SMILES string of the molecule is O=[N+]([O-])c1ccc2nc(C(F)(F)F)nc(Cl)c2c1. The predicted octanol–water partition coefficient (Wildman–Crippen LogP) is 3.21. The van der Waals surface area contributed by atoms with E-state index in [1.54, 1.807) is 0 Å². The Bertz CT molecular complexity index is 645. The minimum Gasteiger partial charge on any atom is -0.258 e. The molecule has 0 fully saturated rings. The molecule has 0 atom stereocenters. The average molecular weight is 278 g/mol. The van der Waals surface area contributed by atoms with Gasteiger partial charge >= 0.3 is 6.18 Å². The highest BCUT2D eigenvalue weighted by Crippen LogP contribution is 2.31. The van der Waals surface area contributed by atoms with Crippen LogP contribution in [0.15, 0.2) is 18.2 Å². The van der Waals surface area contributed by atoms with Crippen LogP contribution in [0.3, 0.4) is 0 Å². The summed E-state index contributed by atoms with van der Waals surface area (Å²) >= 11 is 5.57. The number of aromatic nitrogens is 2. The lowest BCUT2D eigenvalue weighted by atomic mass is 10.2. The molecule has 0 radical (unpaired) electrons. The number of nitro groups is 1. The van der Waals surface area contributed by atoms with Gasteiger partial charge in [-0.3, -0.25) is 10.1 Å². The third-order valence-electron chi connectivity index (χ3n) is 2.10. The highest BCUT2D eigenvalue weighted by atomic mass is 35.5. The molecule has 0 saturated carbocycles. The number of hydrogen-bond donors (Lipinski definition) is 0. The van der Waals surface area contributed by atoms with Crippen LogP contribution in [0.5, 0.6) is 0 Å². The molecule has 0 saturated heterocycles. The summed E-state index contributed by atoms with van der Waals surface area (Å²) in [5.41, 5.74) is -0.402. The van der Waals surface area contributed by atoms with Crippen LogP contribution in [0.2, 0.25) is 5.15 Å². The average Bonchev–Trinajstić information content (AvgIpc) is 2.27. The molecule has 0 spiro atoms. The lowest BCUT2D eigenvalue weighted by Crippen LogP contribution is -2.11. The van der Waals surface area contributed by atoms with Crippen LogP contribution in [0.1, 0.15) is 5.82 Å². The van der Waals surface area contributed by atoms with Crippen LogP contribution in [-0.4, -0.2) is 14.9 Å². The van der Waals surface area contributed by atoms with Crippen molar-refractivity contribution in [3.05, 3.63) is 39.3 Å². The Morgan fingerprint density at radius 2 is 1.94 bits per heavy atom. The first kappa shape index (κ1) is 12.5. The zero-order chi connectivity index (χ0) is 13.5. The summed E-state index contributed by atoms with van der Waals surface area (Å²) in [5.74, 6) is -1.38. The molecule has 0 bridgehead atoms. The van der Waals surface area contributed by atoms with Crippen LogP contribution >= 0.6 is 11.6 Å². The lowest BCUT2D eigenvalue weighted by molar-refractivity contribution is -0.384. The van der Waals surface area contributed by atoms with Crippen molar-refractivity contribution < 1.29 is 18.1 Å². The van der Waals surface area contributed by atoms with Crippen molar-refractivity contribution in [1.29, 1.82) is 0 Å². The molecule has 0 aliphatic rings. The monoisotopic (exact) mass is 277 g/mol. The second-order valence-corrected chi connectivity index (χ2v) is 3.65. The third kappa shape index (κ3) is 2.19. The third-order valence-corrected chi connectivity index (χ3v) is 2.39. The number of fused-ring (bicyclic) bond motifs is 1. The smallest absolute Gasteiger partial charge is 0.258 e. The summed E-state index contributed by atoms with van der Waals surface area (Å²) in [6.45, 7) is 0. The minimum absolute atomic E-state index is 0.00105. The predicted molar refractivity (Wildman–Crippen MR) is 56.2 cm³/mol. The van der Waals surface area contributed by atoms with Crippen LogP contribution in [-0.2, 0) is 6.18 Å². The first-order valence-electron chi connectivity index (χ1n) is 4.48. The van der Waals surface area contributed by atoms with Crippen molar-refractivity contribution in [2.75, 3.05) is 0 Å². The van der Waals surface area contributed by atoms with Crippen LogP contribution in [0.4, 0.5) is 18.9 Å². The molecule has 1 aromatic heterocycles. The van der Waals surface area contributed by atoms with E-state index >= 15 is 0 Å². The molecule has 18 heavy (non-hydrogen) atoms. The maximum absolute atomic E-state index is 12.4. The number of hydrogen-bond acceptors (Lipinski definition) is 4. The van der Waals surface area contributed by atoms with E-state index in [-0.39, 0.29) is 16.6 Å². The van der Waals surface area contributed by atoms with Gasteiger partial charge in [0.05, 0.1) is 10.4 Å². The summed E-state index contributed by atoms with van der Waals surface area (Å²) in [7, 11) is 0. The minimum atomic E-state index is -4.72. The fourth-order valence-corrected chi connectivity index (χ4v) is 1.55. The summed E-state index contributed by atoms with van der Waals surface area (Å²) in [6, 6.07) is 3.17. The van der Waals surface area contributed by atoms with Gasteiger partial charge in [-0.15, -0.1) is 0 Å². The molecule has 9 heteroatoms. The fraction of sp³-hybridized carbons (Fsp3) is 0.111. The zero-order valence-corrected chi connectivity index (χ0v) is 9.16. The molecule has 2 rings (SSSR count). The first-order chi connectivity index (χ1) is 8.29. The number of benzene rings is 1. The second kappa shape index (κ2) is 4.05. The number of halogens is 4. The van der Waals surface area contributed by atoms with Gasteiger partial charge in [0.1, 0.15) is 5.15 Å². The normalized spacial score (nSPS) is 11.8. The molecule has 1 heterocycles. The summed E-state index contributed by atoms with van der Waals surface area (Å²) < 4.78 is 37.2. The number of nitro benzene ring substituents is 1. The van der Waals surface area contributed by atoms with Crippen molar-refractivity contribution in [2.45, 2.75) is 6.18 Å². The Morgan fingerprint density at radius 3 is 2.50 bits per heavy atom. The maximum Gasteiger partial charge on any atom is 0.451 e. The van der Waals surface area contributed by atoms with Gasteiger partial charge in [0.2, 0.25) is 5.82 Å². The Kier molecular flexibility index (Phi) is 2.81. The first-order valence-corrected chi connectivity index (χ1v) is 4.86. The van der Waals surface area contributed by atoms with Crippen molar-refractivity contribution in [2.24, 2.45) is 0 Å². The van der Waals surface area contributed by atoms with E-state index in [0.29, 0.717) is 0 Å². The molecule has 0 unspecified atom stereocenters. The van der Waals surface area contributed by atoms with Gasteiger partial charge in [0.25, 0.3) is 5.69 Å². The zero-order valence-electron chi connectivity index (χ0n) is 8.40. The fourth-order valence-electron chi connectivity index (χ4n) is 1.32. The van der Waals surface area contributed by atoms with E-state index in [4.69, 9.17) is 11.6 Å². The van der Waals surface area contributed by atoms with E-state index in [1.165, 1.54) is 0 Å². The summed E-state index contributed by atoms with van der Waals surface area (Å²) in [5, 5.41) is 10.0. The molecule has 5 nitrogen and oxygen atoms in total. The number of alkyl halides is 3. The Balaban J connectivity index is 2.70. The molecular formula is C9H3ClF3N3O2. The van der Waals surface area contributed by atoms with Gasteiger partial charge in [-0.1, -0.05) is 11.6 Å². The van der Waals surface area contributed by atoms with Gasteiger partial charge in [0.15, 0.2) is 0 Å². The molecule has 0 aliphatic carbocycles. The molecule has 0 amide bonds. The van der Waals surface area contributed by atoms with E-state index < -0.39 is 22.1 Å². The largest absolute Gasteiger partial charge is 0.451 e. The van der Waals surface area contributed by atoms with Crippen LogP contribution in [0, 0.1) is 10.1 Å². The highest BCUT2D eigenvalue weighted by Gasteiger charge is 2.35. The van der Waals surface area contributed by atoms with Gasteiger partial charge in [0, 0.05) is 17.5 Å². The summed E-state index contributed by atoms with van der Waals surface area (Å²) in [6.07, 6.45) is -4.72. The summed E-state index contributed by atoms with van der Waals surface area (Å²) in [4.78, 5) is 16.2. The van der Waals surface area contributed by atoms with E-state index in [1.807, 2.05) is 0 Å². The molecular weight excluding hydrogens is 275 g/mol. The highest BCUT2D eigenvalue weighted by molar-refractivity contribution is 6.34. The van der Waals surface area contributed by atoms with Crippen LogP contribution < -0.4 is 0 Å². The molecule has 2 aromatic rings. The Hall–Kier alpha value is -1.96. The van der Waals surface area contributed by atoms with E-state index in [0.717, 1.165) is 18.2 Å². The standard InChI is InChI=1S/C9H3ClF3N3O2/c10-7-5-3-4(16(17)18)1-2-6(5)14-8(15-7)9(11,12)13/h1-3H. The van der Waals surface area contributed by atoms with Crippen molar-refractivity contribution >= 4 is 28.2 Å². The van der Waals surface area contributed by atoms with Gasteiger partial charge < -0.3 is 0 Å². The number of non-ortho nitro benzene ring substituents is 1. The van der Waals surface area contributed by atoms with Crippen molar-refractivity contribution in [1.82, 2.24) is 9.97 Å². The van der Waals surface area contributed by atoms with Gasteiger partial charge in [-0.05, 0) is 6.07 Å². The van der Waals surface area contributed by atoms with Crippen LogP contribution in [0.25, 0.3) is 10.9 Å². The quantitative estimate of drug-likeness (QED) is 0.456. The molecule has 94 valence electrons. The molecule has 0 aliphatic heterocycles. The van der Waals surface area contributed by atoms with Crippen molar-refractivity contribution in [3.63, 3.8) is 0 Å². The number of nitrogens with zero attached hydrogens (tertiary/aromatic N) is 3. The Morgan fingerprint density at radius 1 is 1.28 bits per heavy atom. The topological polar surface area (TPSA) is 68.9 Å². The Labute approximate surface area is 102 Å². The number of rotatable bonds is 1.